The number of hydrogen-bond acceptors (Lipinski definition) is 7. The predicted molar refractivity (Wildman–Crippen MR) is 119 cm³/mol. The van der Waals surface area contributed by atoms with Gasteiger partial charge in [-0.3, -0.25) is 19.2 Å². The maximum Gasteiger partial charge on any atom is 0.264 e. The van der Waals surface area contributed by atoms with E-state index >= 15 is 0 Å². The molecule has 164 valence electrons. The number of aryl methyl sites for hydroxylation is 2. The molecule has 2 fully saturated rings. The number of hydrogen-bond donors (Lipinski definition) is 2. The highest BCUT2D eigenvalue weighted by Gasteiger charge is 2.41. The van der Waals surface area contributed by atoms with Crippen LogP contribution in [0.3, 0.4) is 0 Å². The lowest BCUT2D eigenvalue weighted by Crippen LogP contribution is -2.40. The van der Waals surface area contributed by atoms with Crippen molar-refractivity contribution in [2.75, 3.05) is 5.01 Å². The van der Waals surface area contributed by atoms with Crippen molar-refractivity contribution in [1.29, 1.82) is 0 Å². The Morgan fingerprint density at radius 1 is 1.35 bits per heavy atom. The van der Waals surface area contributed by atoms with Gasteiger partial charge in [0.25, 0.3) is 5.91 Å². The zero-order chi connectivity index (χ0) is 21.5. The molecule has 10 heteroatoms. The van der Waals surface area contributed by atoms with Crippen molar-refractivity contribution < 1.29 is 9.53 Å². The van der Waals surface area contributed by atoms with Gasteiger partial charge in [-0.25, -0.2) is 4.98 Å². The van der Waals surface area contributed by atoms with Crippen LogP contribution in [0.2, 0.25) is 5.15 Å². The number of pyridine rings is 1. The third-order valence-electron chi connectivity index (χ3n) is 6.22. The van der Waals surface area contributed by atoms with Crippen molar-refractivity contribution in [3.8, 4) is 0 Å². The van der Waals surface area contributed by atoms with Gasteiger partial charge in [0, 0.05) is 19.4 Å². The number of halogens is 1. The van der Waals surface area contributed by atoms with E-state index in [9.17, 15) is 4.79 Å². The van der Waals surface area contributed by atoms with Crippen LogP contribution in [0.1, 0.15) is 41.7 Å². The van der Waals surface area contributed by atoms with E-state index in [1.807, 2.05) is 32.4 Å². The van der Waals surface area contributed by atoms with Crippen molar-refractivity contribution in [1.82, 2.24) is 24.9 Å². The first-order valence-electron chi connectivity index (χ1n) is 10.5. The minimum atomic E-state index is -0.306. The van der Waals surface area contributed by atoms with Crippen molar-refractivity contribution in [2.24, 2.45) is 18.9 Å². The van der Waals surface area contributed by atoms with Crippen LogP contribution in [0.25, 0.3) is 0 Å². The molecule has 0 saturated heterocycles. The van der Waals surface area contributed by atoms with Gasteiger partial charge in [0.05, 0.1) is 22.3 Å². The van der Waals surface area contributed by atoms with Gasteiger partial charge in [-0.05, 0) is 74.6 Å². The fraction of sp³-hybridized carbons (Fsp3) is 0.476. The lowest BCUT2D eigenvalue weighted by atomic mass is 9.98. The van der Waals surface area contributed by atoms with E-state index in [1.54, 1.807) is 21.8 Å². The molecule has 2 N–H and O–H groups in total. The number of aromatic nitrogens is 3. The molecule has 2 saturated carbocycles. The van der Waals surface area contributed by atoms with E-state index in [4.69, 9.17) is 16.3 Å². The Kier molecular flexibility index (Phi) is 5.68. The lowest BCUT2D eigenvalue weighted by molar-refractivity contribution is -0.0281. The smallest absolute Gasteiger partial charge is 0.264 e. The lowest BCUT2D eigenvalue weighted by Gasteiger charge is -2.26. The van der Waals surface area contributed by atoms with Gasteiger partial charge in [0.2, 0.25) is 0 Å². The zero-order valence-corrected chi connectivity index (χ0v) is 19.0. The van der Waals surface area contributed by atoms with Gasteiger partial charge in [-0.2, -0.15) is 10.5 Å². The van der Waals surface area contributed by atoms with Gasteiger partial charge in [0.15, 0.2) is 0 Å². The fourth-order valence-corrected chi connectivity index (χ4v) is 5.65. The molecule has 1 aliphatic heterocycles. The highest BCUT2D eigenvalue weighted by atomic mass is 35.5. The van der Waals surface area contributed by atoms with Crippen LogP contribution in [-0.2, 0) is 11.8 Å². The van der Waals surface area contributed by atoms with Crippen LogP contribution < -0.4 is 15.2 Å². The Balaban J connectivity index is 1.18. The number of carbonyl (C=O) groups is 1. The quantitative estimate of drug-likeness (QED) is 0.503. The van der Waals surface area contributed by atoms with E-state index in [-0.39, 0.29) is 17.3 Å². The van der Waals surface area contributed by atoms with Crippen LogP contribution in [0.15, 0.2) is 35.5 Å². The van der Waals surface area contributed by atoms with Gasteiger partial charge in [0.1, 0.15) is 17.2 Å². The van der Waals surface area contributed by atoms with E-state index < -0.39 is 0 Å². The first-order chi connectivity index (χ1) is 15.0. The minimum absolute atomic E-state index is 0.145. The summed E-state index contributed by atoms with van der Waals surface area (Å²) in [7, 11) is 1.84. The number of amides is 1. The van der Waals surface area contributed by atoms with Crippen LogP contribution in [0.5, 0.6) is 0 Å². The number of anilines is 1. The maximum absolute atomic E-state index is 12.6. The van der Waals surface area contributed by atoms with E-state index in [2.05, 4.69) is 20.2 Å². The summed E-state index contributed by atoms with van der Waals surface area (Å²) < 4.78 is 10.8. The van der Waals surface area contributed by atoms with Gasteiger partial charge < -0.3 is 4.74 Å². The van der Waals surface area contributed by atoms with Crippen molar-refractivity contribution >= 4 is 35.3 Å². The van der Waals surface area contributed by atoms with E-state index in [0.29, 0.717) is 23.4 Å². The van der Waals surface area contributed by atoms with Gasteiger partial charge >= 0.3 is 0 Å². The summed E-state index contributed by atoms with van der Waals surface area (Å²) in [5, 5.41) is 6.18. The van der Waals surface area contributed by atoms with E-state index in [1.165, 1.54) is 37.6 Å². The number of nitrogens with zero attached hydrogens (tertiary/aromatic N) is 4. The molecule has 2 aromatic rings. The summed E-state index contributed by atoms with van der Waals surface area (Å²) in [5.74, 6) is 1.84. The Morgan fingerprint density at radius 3 is 2.90 bits per heavy atom. The predicted octanol–water partition coefficient (Wildman–Crippen LogP) is 3.58. The number of carbonyl (C=O) groups excluding carboxylic acids is 1. The fourth-order valence-electron chi connectivity index (χ4n) is 4.71. The third-order valence-corrected chi connectivity index (χ3v) is 7.41. The zero-order valence-electron chi connectivity index (χ0n) is 17.4. The SMILES string of the molecule is Cc1nn(C)cc1SNC(=O)c1ccc(N2C=CC(OC3C[C@H]4CC[C@@H]3C4)N2)nc1Cl. The maximum atomic E-state index is 12.6. The number of nitrogens with one attached hydrogen (secondary N) is 2. The molecule has 2 aromatic heterocycles. The molecule has 2 unspecified atom stereocenters. The second kappa shape index (κ2) is 8.46. The summed E-state index contributed by atoms with van der Waals surface area (Å²) in [6.45, 7) is 1.89. The molecule has 2 aliphatic carbocycles. The molecule has 8 nitrogen and oxygen atoms in total. The highest BCUT2D eigenvalue weighted by molar-refractivity contribution is 7.98. The number of fused-ring (bicyclic) bond motifs is 2. The van der Waals surface area contributed by atoms with Crippen LogP contribution >= 0.6 is 23.5 Å². The molecule has 0 aromatic carbocycles. The number of hydrazine groups is 1. The van der Waals surface area contributed by atoms with Gasteiger partial charge in [-0.15, -0.1) is 0 Å². The molecule has 0 spiro atoms. The molecule has 3 heterocycles. The average Bonchev–Trinajstić information content (AvgIpc) is 3.52. The van der Waals surface area contributed by atoms with Crippen LogP contribution in [0.4, 0.5) is 5.82 Å². The number of ether oxygens (including phenoxy) is 1. The molecule has 31 heavy (non-hydrogen) atoms. The Hall–Kier alpha value is -2.07. The molecule has 5 rings (SSSR count). The summed E-state index contributed by atoms with van der Waals surface area (Å²) >= 11 is 7.54. The first kappa shape index (κ1) is 20.8. The summed E-state index contributed by atoms with van der Waals surface area (Å²) in [6.07, 6.45) is 11.0. The summed E-state index contributed by atoms with van der Waals surface area (Å²) in [4.78, 5) is 17.8. The molecule has 3 aliphatic rings. The Labute approximate surface area is 190 Å². The summed E-state index contributed by atoms with van der Waals surface area (Å²) in [6, 6.07) is 3.44. The molecule has 0 radical (unpaired) electrons. The highest BCUT2D eigenvalue weighted by Crippen LogP contribution is 2.46. The normalized spacial score (nSPS) is 26.7. The standard InChI is InChI=1S/C21H25ClN6O2S/c1-12-17(11-27(2)24-12)31-26-21(29)15-5-6-18(23-20(15)22)28-8-7-19(25-28)30-16-10-13-3-4-14(16)9-13/h5-8,11,13-14,16,19,25H,3-4,9-10H2,1-2H3,(H,26,29)/t13-,14+,16?,19?/m0/s1. The topological polar surface area (TPSA) is 84.3 Å². The van der Waals surface area contributed by atoms with Crippen LogP contribution in [0, 0.1) is 18.8 Å². The van der Waals surface area contributed by atoms with E-state index in [0.717, 1.165) is 16.5 Å². The summed E-state index contributed by atoms with van der Waals surface area (Å²) in [5.41, 5.74) is 4.46. The van der Waals surface area contributed by atoms with Crippen molar-refractivity contribution in [3.63, 3.8) is 0 Å². The largest absolute Gasteiger partial charge is 0.354 e. The number of rotatable bonds is 6. The third kappa shape index (κ3) is 4.32. The van der Waals surface area contributed by atoms with Crippen molar-refractivity contribution in [3.05, 3.63) is 47.0 Å². The second-order valence-electron chi connectivity index (χ2n) is 8.40. The Morgan fingerprint density at radius 2 is 2.23 bits per heavy atom. The van der Waals surface area contributed by atoms with Crippen LogP contribution in [-0.4, -0.2) is 33.0 Å². The Bertz CT molecular complexity index is 1030. The van der Waals surface area contributed by atoms with Crippen molar-refractivity contribution in [2.45, 2.75) is 49.8 Å². The molecular weight excluding hydrogens is 436 g/mol. The molecule has 1 amide bonds. The van der Waals surface area contributed by atoms with Gasteiger partial charge in [-0.1, -0.05) is 11.6 Å². The second-order valence-corrected chi connectivity index (χ2v) is 9.61. The monoisotopic (exact) mass is 460 g/mol. The first-order valence-corrected chi connectivity index (χ1v) is 11.7. The minimum Gasteiger partial charge on any atom is -0.354 e. The molecule has 4 atom stereocenters. The molecule has 2 bridgehead atoms. The average molecular weight is 461 g/mol. The molecular formula is C21H25ClN6O2S.